The van der Waals surface area contributed by atoms with Crippen LogP contribution in [0.4, 0.5) is 0 Å². The van der Waals surface area contributed by atoms with Gasteiger partial charge in [0.15, 0.2) is 0 Å². The van der Waals surface area contributed by atoms with Crippen LogP contribution in [0.3, 0.4) is 0 Å². The van der Waals surface area contributed by atoms with Crippen LogP contribution in [-0.4, -0.2) is 24.0 Å². The minimum atomic E-state index is 0.546. The van der Waals surface area contributed by atoms with Crippen molar-refractivity contribution in [2.75, 3.05) is 7.05 Å². The van der Waals surface area contributed by atoms with E-state index in [0.29, 0.717) is 17.9 Å². The van der Waals surface area contributed by atoms with E-state index in [-0.39, 0.29) is 0 Å². The molecule has 2 bridgehead atoms. The monoisotopic (exact) mass is 367 g/mol. The first-order valence-electron chi connectivity index (χ1n) is 9.17. The van der Waals surface area contributed by atoms with E-state index >= 15 is 0 Å². The molecule has 25 heavy (non-hydrogen) atoms. The van der Waals surface area contributed by atoms with Gasteiger partial charge in [0.25, 0.3) is 0 Å². The summed E-state index contributed by atoms with van der Waals surface area (Å²) in [7, 11) is 2.33. The van der Waals surface area contributed by atoms with Gasteiger partial charge in [-0.2, -0.15) is 0 Å². The third-order valence-electron chi connectivity index (χ3n) is 6.41. The van der Waals surface area contributed by atoms with Gasteiger partial charge in [0.2, 0.25) is 0 Å². The Labute approximate surface area is 158 Å². The molecule has 3 heterocycles. The smallest absolute Gasteiger partial charge is 0.0931 e. The van der Waals surface area contributed by atoms with Gasteiger partial charge in [0, 0.05) is 28.8 Å². The van der Waals surface area contributed by atoms with Crippen molar-refractivity contribution in [3.63, 3.8) is 0 Å². The molecule has 0 amide bonds. The minimum absolute atomic E-state index is 0.546. The van der Waals surface area contributed by atoms with Crippen molar-refractivity contribution in [3.05, 3.63) is 69.4 Å². The molecule has 5 rings (SSSR count). The fraction of sp³-hybridized carbons (Fsp3) is 0.364. The summed E-state index contributed by atoms with van der Waals surface area (Å²) < 4.78 is 0.915. The SMILES string of the molecule is CN1C2CCC1[C@@H](c1cccc3ccccc13)[C@@H](c1ccc(Cl)s1)C2. The molecule has 0 N–H and O–H groups in total. The highest BCUT2D eigenvalue weighted by Gasteiger charge is 2.47. The Morgan fingerprint density at radius 3 is 2.68 bits per heavy atom. The first-order valence-corrected chi connectivity index (χ1v) is 10.4. The van der Waals surface area contributed by atoms with E-state index in [1.807, 2.05) is 0 Å². The van der Waals surface area contributed by atoms with Crippen LogP contribution in [0, 0.1) is 0 Å². The van der Waals surface area contributed by atoms with Crippen LogP contribution in [-0.2, 0) is 0 Å². The Morgan fingerprint density at radius 2 is 1.84 bits per heavy atom. The fourth-order valence-corrected chi connectivity index (χ4v) is 6.47. The van der Waals surface area contributed by atoms with Gasteiger partial charge in [-0.05, 0) is 54.8 Å². The van der Waals surface area contributed by atoms with Crippen LogP contribution in [0.5, 0.6) is 0 Å². The number of rotatable bonds is 2. The zero-order valence-electron chi connectivity index (χ0n) is 14.4. The van der Waals surface area contributed by atoms with Crippen LogP contribution in [0.25, 0.3) is 10.8 Å². The molecule has 3 heteroatoms. The van der Waals surface area contributed by atoms with E-state index in [1.54, 1.807) is 11.3 Å². The molecule has 2 aromatic carbocycles. The van der Waals surface area contributed by atoms with Gasteiger partial charge >= 0.3 is 0 Å². The molecule has 2 aliphatic rings. The Hall–Kier alpha value is -1.35. The highest BCUT2D eigenvalue weighted by atomic mass is 35.5. The number of thiophene rings is 1. The van der Waals surface area contributed by atoms with Crippen molar-refractivity contribution in [1.29, 1.82) is 0 Å². The van der Waals surface area contributed by atoms with Gasteiger partial charge in [0.1, 0.15) is 0 Å². The van der Waals surface area contributed by atoms with Gasteiger partial charge in [-0.25, -0.2) is 0 Å². The Bertz CT molecular complexity index is 912. The Kier molecular flexibility index (Phi) is 3.89. The molecule has 2 saturated heterocycles. The van der Waals surface area contributed by atoms with Crippen LogP contribution in [0.2, 0.25) is 4.34 Å². The molecule has 0 aliphatic carbocycles. The maximum atomic E-state index is 6.29. The van der Waals surface area contributed by atoms with Gasteiger partial charge < -0.3 is 0 Å². The number of nitrogens with zero attached hydrogens (tertiary/aromatic N) is 1. The first kappa shape index (κ1) is 15.9. The third kappa shape index (κ3) is 2.54. The number of halogens is 1. The van der Waals surface area contributed by atoms with E-state index in [1.165, 1.54) is 40.5 Å². The molecule has 1 aromatic heterocycles. The van der Waals surface area contributed by atoms with Crippen molar-refractivity contribution < 1.29 is 0 Å². The predicted octanol–water partition coefficient (Wildman–Crippen LogP) is 6.29. The molecule has 0 radical (unpaired) electrons. The van der Waals surface area contributed by atoms with E-state index < -0.39 is 0 Å². The topological polar surface area (TPSA) is 3.24 Å². The molecular weight excluding hydrogens is 346 g/mol. The zero-order chi connectivity index (χ0) is 17.0. The van der Waals surface area contributed by atoms with E-state index in [2.05, 4.69) is 66.5 Å². The first-order chi connectivity index (χ1) is 12.2. The normalized spacial score (nSPS) is 29.4. The molecule has 2 aliphatic heterocycles. The van der Waals surface area contributed by atoms with Gasteiger partial charge in [-0.15, -0.1) is 11.3 Å². The third-order valence-corrected chi connectivity index (χ3v) is 7.77. The maximum absolute atomic E-state index is 6.29. The standard InChI is InChI=1S/C22H22ClNS/c1-24-15-9-10-19(24)22(18(13-15)20-11-12-21(23)25-20)17-8-4-6-14-5-2-3-7-16(14)17/h2-8,11-12,15,18-19,22H,9-10,13H2,1H3/t15?,18-,19?,22+/m1/s1. The largest absolute Gasteiger partial charge is 0.300 e. The van der Waals surface area contributed by atoms with Crippen LogP contribution < -0.4 is 0 Å². The molecule has 128 valence electrons. The lowest BCUT2D eigenvalue weighted by Crippen LogP contribution is -2.44. The van der Waals surface area contributed by atoms with Crippen molar-refractivity contribution in [1.82, 2.24) is 4.90 Å². The van der Waals surface area contributed by atoms with Crippen LogP contribution in [0.1, 0.15) is 41.5 Å². The number of piperidine rings is 1. The second-order valence-electron chi connectivity index (χ2n) is 7.54. The van der Waals surface area contributed by atoms with Crippen molar-refractivity contribution in [2.24, 2.45) is 0 Å². The van der Waals surface area contributed by atoms with Crippen molar-refractivity contribution >= 4 is 33.7 Å². The average molecular weight is 368 g/mol. The van der Waals surface area contributed by atoms with Gasteiger partial charge in [-0.3, -0.25) is 4.90 Å². The summed E-state index contributed by atoms with van der Waals surface area (Å²) >= 11 is 8.07. The number of hydrogen-bond acceptors (Lipinski definition) is 2. The van der Waals surface area contributed by atoms with Gasteiger partial charge in [0.05, 0.1) is 4.34 Å². The fourth-order valence-electron chi connectivity index (χ4n) is 5.25. The predicted molar refractivity (Wildman–Crippen MR) is 108 cm³/mol. The molecule has 1 nitrogen and oxygen atoms in total. The summed E-state index contributed by atoms with van der Waals surface area (Å²) in [6.45, 7) is 0. The lowest BCUT2D eigenvalue weighted by Gasteiger charge is -2.43. The molecule has 0 saturated carbocycles. The zero-order valence-corrected chi connectivity index (χ0v) is 15.9. The van der Waals surface area contributed by atoms with Crippen molar-refractivity contribution in [2.45, 2.75) is 43.2 Å². The van der Waals surface area contributed by atoms with Gasteiger partial charge in [-0.1, -0.05) is 54.1 Å². The van der Waals surface area contributed by atoms with Crippen molar-refractivity contribution in [3.8, 4) is 0 Å². The van der Waals surface area contributed by atoms with E-state index in [4.69, 9.17) is 11.6 Å². The van der Waals surface area contributed by atoms with Crippen LogP contribution in [0.15, 0.2) is 54.6 Å². The molecule has 2 unspecified atom stereocenters. The number of fused-ring (bicyclic) bond motifs is 3. The second kappa shape index (κ2) is 6.12. The number of hydrogen-bond donors (Lipinski definition) is 0. The molecule has 3 aromatic rings. The van der Waals surface area contributed by atoms with E-state index in [0.717, 1.165) is 10.4 Å². The maximum Gasteiger partial charge on any atom is 0.0931 e. The summed E-state index contributed by atoms with van der Waals surface area (Å²) in [6.07, 6.45) is 3.89. The lowest BCUT2D eigenvalue weighted by atomic mass is 9.74. The lowest BCUT2D eigenvalue weighted by molar-refractivity contribution is 0.139. The second-order valence-corrected chi connectivity index (χ2v) is 9.29. The summed E-state index contributed by atoms with van der Waals surface area (Å²) in [5, 5.41) is 2.77. The number of benzene rings is 2. The molecule has 2 fully saturated rings. The summed E-state index contributed by atoms with van der Waals surface area (Å²) in [5.41, 5.74) is 1.52. The molecule has 0 spiro atoms. The average Bonchev–Trinajstić information content (AvgIpc) is 3.15. The minimum Gasteiger partial charge on any atom is -0.300 e. The molecular formula is C22H22ClNS. The summed E-state index contributed by atoms with van der Waals surface area (Å²) in [4.78, 5) is 4.12. The quantitative estimate of drug-likeness (QED) is 0.514. The summed E-state index contributed by atoms with van der Waals surface area (Å²) in [5.74, 6) is 1.13. The Balaban J connectivity index is 1.68. The summed E-state index contributed by atoms with van der Waals surface area (Å²) in [6, 6.07) is 21.4. The Morgan fingerprint density at radius 1 is 1.00 bits per heavy atom. The number of likely N-dealkylation sites (N-methyl/N-ethyl adjacent to an activating group) is 1. The van der Waals surface area contributed by atoms with E-state index in [9.17, 15) is 0 Å². The van der Waals surface area contributed by atoms with Crippen LogP contribution >= 0.6 is 22.9 Å². The highest BCUT2D eigenvalue weighted by Crippen LogP contribution is 2.53. The molecule has 4 atom stereocenters. The highest BCUT2D eigenvalue weighted by molar-refractivity contribution is 7.16.